The average molecular weight is 525 g/mol. The number of hydrogen-bond acceptors (Lipinski definition) is 6. The number of carboxylic acid groups (broad SMARTS) is 1. The van der Waals surface area contributed by atoms with Crippen molar-refractivity contribution in [2.75, 3.05) is 7.11 Å². The molecule has 0 unspecified atom stereocenters. The zero-order valence-electron chi connectivity index (χ0n) is 18.1. The van der Waals surface area contributed by atoms with Crippen LogP contribution in [0, 0.1) is 0 Å². The van der Waals surface area contributed by atoms with E-state index in [9.17, 15) is 14.4 Å². The first kappa shape index (κ1) is 24.6. The molecule has 10 heteroatoms. The van der Waals surface area contributed by atoms with Crippen molar-refractivity contribution in [3.05, 3.63) is 99.9 Å². The molecule has 0 aliphatic carbocycles. The minimum atomic E-state index is -1.02. The number of ether oxygens (including phenoxy) is 1. The SMILES string of the molecule is Br.COc1ccc(CNC(=O)c2cc3c(=O)n(Cc4ccc(C(=O)O)cc4)cnc3cn2)cc1. The van der Waals surface area contributed by atoms with Crippen molar-refractivity contribution < 1.29 is 19.4 Å². The van der Waals surface area contributed by atoms with Crippen molar-refractivity contribution in [1.29, 1.82) is 0 Å². The van der Waals surface area contributed by atoms with Crippen LogP contribution in [0.4, 0.5) is 0 Å². The topological polar surface area (TPSA) is 123 Å². The second kappa shape index (κ2) is 10.7. The van der Waals surface area contributed by atoms with Gasteiger partial charge in [0, 0.05) is 6.54 Å². The van der Waals surface area contributed by atoms with E-state index in [0.29, 0.717) is 12.1 Å². The number of methoxy groups -OCH3 is 1. The molecule has 4 aromatic rings. The van der Waals surface area contributed by atoms with Gasteiger partial charge in [-0.3, -0.25) is 14.2 Å². The highest BCUT2D eigenvalue weighted by Crippen LogP contribution is 2.12. The molecule has 9 nitrogen and oxygen atoms in total. The zero-order valence-corrected chi connectivity index (χ0v) is 19.8. The summed E-state index contributed by atoms with van der Waals surface area (Å²) in [6, 6.07) is 15.0. The normalized spacial score (nSPS) is 10.4. The summed E-state index contributed by atoms with van der Waals surface area (Å²) >= 11 is 0. The minimum absolute atomic E-state index is 0. The van der Waals surface area contributed by atoms with Gasteiger partial charge in [0.15, 0.2) is 0 Å². The second-order valence-corrected chi connectivity index (χ2v) is 7.30. The number of carboxylic acids is 1. The molecule has 0 atom stereocenters. The first-order chi connectivity index (χ1) is 15.9. The third-order valence-electron chi connectivity index (χ3n) is 5.11. The molecule has 174 valence electrons. The van der Waals surface area contributed by atoms with Crippen LogP contribution < -0.4 is 15.6 Å². The van der Waals surface area contributed by atoms with Gasteiger partial charge in [-0.2, -0.15) is 0 Å². The number of halogens is 1. The lowest BCUT2D eigenvalue weighted by atomic mass is 10.1. The number of nitrogens with zero attached hydrogens (tertiary/aromatic N) is 3. The minimum Gasteiger partial charge on any atom is -0.497 e. The average Bonchev–Trinajstić information content (AvgIpc) is 2.84. The molecule has 2 aromatic heterocycles. The van der Waals surface area contributed by atoms with Crippen LogP contribution in [0.25, 0.3) is 10.9 Å². The Labute approximate surface area is 204 Å². The third-order valence-corrected chi connectivity index (χ3v) is 5.11. The maximum atomic E-state index is 13.0. The quantitative estimate of drug-likeness (QED) is 0.380. The predicted octanol–water partition coefficient (Wildman–Crippen LogP) is 3.05. The lowest BCUT2D eigenvalue weighted by Crippen LogP contribution is -2.25. The predicted molar refractivity (Wildman–Crippen MR) is 131 cm³/mol. The molecule has 34 heavy (non-hydrogen) atoms. The number of benzene rings is 2. The van der Waals surface area contributed by atoms with Crippen molar-refractivity contribution in [2.24, 2.45) is 0 Å². The monoisotopic (exact) mass is 524 g/mol. The Hall–Kier alpha value is -4.05. The molecular formula is C24H21BrN4O5. The van der Waals surface area contributed by atoms with E-state index >= 15 is 0 Å². The highest BCUT2D eigenvalue weighted by molar-refractivity contribution is 8.93. The van der Waals surface area contributed by atoms with Gasteiger partial charge in [-0.1, -0.05) is 24.3 Å². The van der Waals surface area contributed by atoms with Gasteiger partial charge in [-0.15, -0.1) is 17.0 Å². The maximum absolute atomic E-state index is 13.0. The Balaban J connectivity index is 0.00000324. The number of carbonyl (C=O) groups excluding carboxylic acids is 1. The van der Waals surface area contributed by atoms with Gasteiger partial charge in [-0.25, -0.2) is 14.8 Å². The van der Waals surface area contributed by atoms with Gasteiger partial charge in [0.25, 0.3) is 11.5 Å². The summed E-state index contributed by atoms with van der Waals surface area (Å²) in [6.07, 6.45) is 2.80. The van der Waals surface area contributed by atoms with Gasteiger partial charge in [-0.05, 0) is 41.5 Å². The first-order valence-electron chi connectivity index (χ1n) is 10.0. The molecule has 1 amide bonds. The van der Waals surface area contributed by atoms with Crippen LogP contribution in [0.1, 0.15) is 32.0 Å². The van der Waals surface area contributed by atoms with E-state index < -0.39 is 11.9 Å². The van der Waals surface area contributed by atoms with Crippen LogP contribution in [0.5, 0.6) is 5.75 Å². The van der Waals surface area contributed by atoms with Crippen molar-refractivity contribution in [3.8, 4) is 5.75 Å². The lowest BCUT2D eigenvalue weighted by Gasteiger charge is -2.09. The molecule has 0 fully saturated rings. The van der Waals surface area contributed by atoms with Gasteiger partial charge < -0.3 is 15.2 Å². The molecular weight excluding hydrogens is 504 g/mol. The highest BCUT2D eigenvalue weighted by Gasteiger charge is 2.12. The maximum Gasteiger partial charge on any atom is 0.335 e. The molecule has 2 N–H and O–H groups in total. The number of aromatic nitrogens is 3. The van der Waals surface area contributed by atoms with Crippen molar-refractivity contribution in [1.82, 2.24) is 19.9 Å². The van der Waals surface area contributed by atoms with Crippen LogP contribution in [-0.2, 0) is 13.1 Å². The molecule has 2 aromatic carbocycles. The molecule has 0 aliphatic heterocycles. The van der Waals surface area contributed by atoms with Crippen LogP contribution >= 0.6 is 17.0 Å². The van der Waals surface area contributed by atoms with E-state index in [0.717, 1.165) is 16.9 Å². The number of nitrogens with one attached hydrogen (secondary N) is 1. The zero-order chi connectivity index (χ0) is 23.4. The van der Waals surface area contributed by atoms with Gasteiger partial charge >= 0.3 is 5.97 Å². The molecule has 0 bridgehead atoms. The largest absolute Gasteiger partial charge is 0.497 e. The summed E-state index contributed by atoms with van der Waals surface area (Å²) in [7, 11) is 1.58. The summed E-state index contributed by atoms with van der Waals surface area (Å²) < 4.78 is 6.52. The van der Waals surface area contributed by atoms with E-state index in [4.69, 9.17) is 9.84 Å². The fourth-order valence-corrected chi connectivity index (χ4v) is 3.26. The van der Waals surface area contributed by atoms with Crippen molar-refractivity contribution >= 4 is 39.8 Å². The second-order valence-electron chi connectivity index (χ2n) is 7.30. The van der Waals surface area contributed by atoms with Crippen molar-refractivity contribution in [2.45, 2.75) is 13.1 Å². The summed E-state index contributed by atoms with van der Waals surface area (Å²) in [4.78, 5) is 45.0. The number of carbonyl (C=O) groups is 2. The van der Waals surface area contributed by atoms with E-state index in [2.05, 4.69) is 15.3 Å². The van der Waals surface area contributed by atoms with Crippen LogP contribution in [0.15, 0.2) is 71.9 Å². The number of rotatable bonds is 7. The van der Waals surface area contributed by atoms with E-state index in [1.807, 2.05) is 12.1 Å². The standard InChI is InChI=1S/C24H20N4O5.BrH/c1-33-18-8-4-15(5-9-18)11-26-22(29)20-10-19-21(12-25-20)27-14-28(23(19)30)13-16-2-6-17(7-3-16)24(31)32;/h2-10,12,14H,11,13H2,1H3,(H,26,29)(H,31,32);1H. The van der Waals surface area contributed by atoms with Gasteiger partial charge in [0.1, 0.15) is 11.4 Å². The third kappa shape index (κ3) is 5.46. The van der Waals surface area contributed by atoms with Crippen LogP contribution in [0.2, 0.25) is 0 Å². The Kier molecular flexibility index (Phi) is 7.75. The number of aromatic carboxylic acids is 1. The Morgan fingerprint density at radius 2 is 1.71 bits per heavy atom. The number of amides is 1. The van der Waals surface area contributed by atoms with Crippen molar-refractivity contribution in [3.63, 3.8) is 0 Å². The van der Waals surface area contributed by atoms with E-state index in [1.54, 1.807) is 31.4 Å². The smallest absolute Gasteiger partial charge is 0.335 e. The van der Waals surface area contributed by atoms with Gasteiger partial charge in [0.05, 0.1) is 42.6 Å². The van der Waals surface area contributed by atoms with Crippen LogP contribution in [0.3, 0.4) is 0 Å². The number of hydrogen-bond donors (Lipinski definition) is 2. The highest BCUT2D eigenvalue weighted by atomic mass is 79.9. The fourth-order valence-electron chi connectivity index (χ4n) is 3.26. The molecule has 0 spiro atoms. The Morgan fingerprint density at radius 3 is 2.35 bits per heavy atom. The summed E-state index contributed by atoms with van der Waals surface area (Å²) in [5, 5.41) is 12.1. The van der Waals surface area contributed by atoms with E-state index in [1.165, 1.54) is 35.3 Å². The lowest BCUT2D eigenvalue weighted by molar-refractivity contribution is 0.0696. The molecule has 0 radical (unpaired) electrons. The molecule has 0 aliphatic rings. The summed E-state index contributed by atoms with van der Waals surface area (Å²) in [5.41, 5.74) is 1.97. The summed E-state index contributed by atoms with van der Waals surface area (Å²) in [5.74, 6) is -0.703. The molecule has 0 saturated carbocycles. The molecule has 4 rings (SSSR count). The summed E-state index contributed by atoms with van der Waals surface area (Å²) in [6.45, 7) is 0.509. The van der Waals surface area contributed by atoms with Gasteiger partial charge in [0.2, 0.25) is 0 Å². The fraction of sp³-hybridized carbons (Fsp3) is 0.125. The number of pyridine rings is 1. The van der Waals surface area contributed by atoms with Crippen LogP contribution in [-0.4, -0.2) is 38.6 Å². The first-order valence-corrected chi connectivity index (χ1v) is 10.0. The van der Waals surface area contributed by atoms with E-state index in [-0.39, 0.29) is 45.7 Å². The molecule has 2 heterocycles. The Bertz CT molecular complexity index is 1390. The number of fused-ring (bicyclic) bond motifs is 1. The molecule has 0 saturated heterocycles. The Morgan fingerprint density at radius 1 is 1.03 bits per heavy atom.